The van der Waals surface area contributed by atoms with E-state index in [2.05, 4.69) is 12.6 Å². The van der Waals surface area contributed by atoms with Gasteiger partial charge in [0.1, 0.15) is 0 Å². The van der Waals surface area contributed by atoms with Crippen LogP contribution in [0.3, 0.4) is 0 Å². The molecule has 0 spiro atoms. The van der Waals surface area contributed by atoms with Crippen LogP contribution in [0, 0.1) is 0 Å². The minimum absolute atomic E-state index is 0.219. The number of benzene rings is 1. The van der Waals surface area contributed by atoms with Gasteiger partial charge in [0.05, 0.1) is 10.9 Å². The van der Waals surface area contributed by atoms with Gasteiger partial charge in [-0.15, -0.1) is 0 Å². The van der Waals surface area contributed by atoms with Crippen molar-refractivity contribution in [2.24, 2.45) is 0 Å². The second kappa shape index (κ2) is 4.79. The summed E-state index contributed by atoms with van der Waals surface area (Å²) in [6, 6.07) is 7.17. The van der Waals surface area contributed by atoms with E-state index in [1.165, 1.54) is 4.57 Å². The van der Waals surface area contributed by atoms with Crippen molar-refractivity contribution in [3.8, 4) is 0 Å². The van der Waals surface area contributed by atoms with E-state index in [4.69, 9.17) is 0 Å². The number of thiol groups is 1. The van der Waals surface area contributed by atoms with Crippen molar-refractivity contribution in [3.63, 3.8) is 0 Å². The predicted molar refractivity (Wildman–Crippen MR) is 72.0 cm³/mol. The second-order valence-electron chi connectivity index (χ2n) is 3.72. The lowest BCUT2D eigenvalue weighted by Crippen LogP contribution is -2.39. The lowest BCUT2D eigenvalue weighted by molar-refractivity contribution is 0.612. The van der Waals surface area contributed by atoms with Gasteiger partial charge in [0.25, 0.3) is 5.56 Å². The average molecular weight is 250 g/mol. The molecule has 0 N–H and O–H groups in total. The fraction of sp³-hybridized carbons (Fsp3) is 0.333. The van der Waals surface area contributed by atoms with Gasteiger partial charge in [-0.25, -0.2) is 4.79 Å². The Bertz CT molecular complexity index is 658. The predicted octanol–water partition coefficient (Wildman–Crippen LogP) is 1.11. The number of hydrogen-bond acceptors (Lipinski definition) is 3. The zero-order valence-corrected chi connectivity index (χ0v) is 10.5. The van der Waals surface area contributed by atoms with Crippen LogP contribution in [0.2, 0.25) is 0 Å². The summed E-state index contributed by atoms with van der Waals surface area (Å²) in [5.41, 5.74) is 0.204. The maximum absolute atomic E-state index is 12.1. The lowest BCUT2D eigenvalue weighted by atomic mass is 10.2. The molecule has 1 aromatic heterocycles. The zero-order valence-electron chi connectivity index (χ0n) is 9.59. The van der Waals surface area contributed by atoms with Gasteiger partial charge in [0, 0.05) is 18.8 Å². The van der Waals surface area contributed by atoms with Crippen molar-refractivity contribution in [2.45, 2.75) is 20.0 Å². The van der Waals surface area contributed by atoms with Crippen LogP contribution in [-0.2, 0) is 13.1 Å². The minimum Gasteiger partial charge on any atom is -0.292 e. The topological polar surface area (TPSA) is 44.0 Å². The van der Waals surface area contributed by atoms with Gasteiger partial charge in [0.15, 0.2) is 0 Å². The molecular formula is C12H14N2O2S. The maximum Gasteiger partial charge on any atom is 0.331 e. The number of aromatic nitrogens is 2. The summed E-state index contributed by atoms with van der Waals surface area (Å²) >= 11 is 4.15. The number of fused-ring (bicyclic) bond motifs is 1. The highest BCUT2D eigenvalue weighted by molar-refractivity contribution is 7.80. The molecule has 1 heterocycles. The Hall–Kier alpha value is -1.49. The zero-order chi connectivity index (χ0) is 12.4. The van der Waals surface area contributed by atoms with Crippen molar-refractivity contribution in [3.05, 3.63) is 45.1 Å². The van der Waals surface area contributed by atoms with Crippen LogP contribution in [0.25, 0.3) is 10.9 Å². The first-order chi connectivity index (χ1) is 8.20. The highest BCUT2D eigenvalue weighted by atomic mass is 32.1. The molecule has 0 unspecified atom stereocenters. The number of rotatable bonds is 3. The lowest BCUT2D eigenvalue weighted by Gasteiger charge is -2.11. The fourth-order valence-electron chi connectivity index (χ4n) is 1.97. The normalized spacial score (nSPS) is 10.9. The molecule has 0 fully saturated rings. The van der Waals surface area contributed by atoms with E-state index in [0.29, 0.717) is 29.7 Å². The van der Waals surface area contributed by atoms with Crippen molar-refractivity contribution in [1.82, 2.24) is 9.13 Å². The third-order valence-corrected chi connectivity index (χ3v) is 2.97. The van der Waals surface area contributed by atoms with Gasteiger partial charge in [0.2, 0.25) is 0 Å². The van der Waals surface area contributed by atoms with Gasteiger partial charge in [-0.3, -0.25) is 13.9 Å². The van der Waals surface area contributed by atoms with E-state index in [0.717, 1.165) is 0 Å². The molecule has 90 valence electrons. The van der Waals surface area contributed by atoms with E-state index in [-0.39, 0.29) is 11.2 Å². The van der Waals surface area contributed by atoms with Crippen LogP contribution in [0.1, 0.15) is 6.92 Å². The van der Waals surface area contributed by atoms with Gasteiger partial charge in [-0.05, 0) is 19.1 Å². The number of nitrogens with zero attached hydrogens (tertiary/aromatic N) is 2. The van der Waals surface area contributed by atoms with Crippen molar-refractivity contribution in [2.75, 3.05) is 5.75 Å². The molecule has 0 saturated carbocycles. The molecular weight excluding hydrogens is 236 g/mol. The third kappa shape index (κ3) is 1.91. The van der Waals surface area contributed by atoms with Crippen molar-refractivity contribution >= 4 is 23.5 Å². The Balaban J connectivity index is 2.96. The summed E-state index contributed by atoms with van der Waals surface area (Å²) in [5, 5.41) is 0.579. The minimum atomic E-state index is -0.259. The van der Waals surface area contributed by atoms with E-state index in [9.17, 15) is 9.59 Å². The van der Waals surface area contributed by atoms with Crippen LogP contribution in [0.4, 0.5) is 0 Å². The van der Waals surface area contributed by atoms with Gasteiger partial charge in [-0.2, -0.15) is 12.6 Å². The second-order valence-corrected chi connectivity index (χ2v) is 4.17. The first kappa shape index (κ1) is 12.0. The monoisotopic (exact) mass is 250 g/mol. The molecule has 2 rings (SSSR count). The average Bonchev–Trinajstić information content (AvgIpc) is 2.35. The summed E-state index contributed by atoms with van der Waals surface area (Å²) in [6.45, 7) is 2.68. The molecule has 0 radical (unpaired) electrons. The van der Waals surface area contributed by atoms with Crippen molar-refractivity contribution in [1.29, 1.82) is 0 Å². The highest BCUT2D eigenvalue weighted by Gasteiger charge is 2.10. The summed E-state index contributed by atoms with van der Waals surface area (Å²) in [5.74, 6) is 0.561. The highest BCUT2D eigenvalue weighted by Crippen LogP contribution is 2.07. The quantitative estimate of drug-likeness (QED) is 0.829. The third-order valence-electron chi connectivity index (χ3n) is 2.77. The summed E-state index contributed by atoms with van der Waals surface area (Å²) in [6.07, 6.45) is 0. The Labute approximate surface area is 104 Å². The molecule has 5 heteroatoms. The van der Waals surface area contributed by atoms with Gasteiger partial charge >= 0.3 is 5.69 Å². The van der Waals surface area contributed by atoms with Crippen LogP contribution < -0.4 is 11.2 Å². The Morgan fingerprint density at radius 3 is 2.53 bits per heavy atom. The first-order valence-electron chi connectivity index (χ1n) is 5.54. The SMILES string of the molecule is CCn1c(=O)c2ccccc2n(CCS)c1=O. The molecule has 1 aromatic carbocycles. The van der Waals surface area contributed by atoms with E-state index in [1.54, 1.807) is 29.7 Å². The summed E-state index contributed by atoms with van der Waals surface area (Å²) < 4.78 is 2.86. The molecule has 17 heavy (non-hydrogen) atoms. The molecule has 0 atom stereocenters. The maximum atomic E-state index is 12.1. The molecule has 2 aromatic rings. The van der Waals surface area contributed by atoms with Crippen molar-refractivity contribution < 1.29 is 0 Å². The van der Waals surface area contributed by atoms with Crippen LogP contribution in [-0.4, -0.2) is 14.9 Å². The first-order valence-corrected chi connectivity index (χ1v) is 6.17. The van der Waals surface area contributed by atoms with Gasteiger partial charge in [-0.1, -0.05) is 12.1 Å². The molecule has 0 bridgehead atoms. The Morgan fingerprint density at radius 2 is 1.88 bits per heavy atom. The standard InChI is InChI=1S/C12H14N2O2S/c1-2-13-11(15)9-5-3-4-6-10(9)14(7-8-17)12(13)16/h3-6,17H,2,7-8H2,1H3. The molecule has 0 amide bonds. The number of hydrogen-bond donors (Lipinski definition) is 1. The number of aryl methyl sites for hydroxylation is 1. The number of para-hydroxylation sites is 1. The smallest absolute Gasteiger partial charge is 0.292 e. The Kier molecular flexibility index (Phi) is 3.38. The van der Waals surface area contributed by atoms with Crippen LogP contribution >= 0.6 is 12.6 Å². The van der Waals surface area contributed by atoms with Gasteiger partial charge < -0.3 is 0 Å². The van der Waals surface area contributed by atoms with E-state index >= 15 is 0 Å². The van der Waals surface area contributed by atoms with Crippen LogP contribution in [0.15, 0.2) is 33.9 Å². The summed E-state index contributed by atoms with van der Waals surface area (Å²) in [7, 11) is 0. The molecule has 0 aliphatic heterocycles. The van der Waals surface area contributed by atoms with Crippen LogP contribution in [0.5, 0.6) is 0 Å². The largest absolute Gasteiger partial charge is 0.331 e. The Morgan fingerprint density at radius 1 is 1.18 bits per heavy atom. The fourth-order valence-corrected chi connectivity index (χ4v) is 2.17. The van der Waals surface area contributed by atoms with E-state index < -0.39 is 0 Å². The molecule has 0 aliphatic rings. The summed E-state index contributed by atoms with van der Waals surface area (Å²) in [4.78, 5) is 24.2. The van der Waals surface area contributed by atoms with E-state index in [1.807, 2.05) is 6.07 Å². The molecule has 0 aliphatic carbocycles. The molecule has 0 saturated heterocycles. The molecule has 4 nitrogen and oxygen atoms in total.